The molecule has 5 nitrogen and oxygen atoms in total. The van der Waals surface area contributed by atoms with Gasteiger partial charge in [-0.25, -0.2) is 13.1 Å². The van der Waals surface area contributed by atoms with Crippen LogP contribution >= 0.6 is 0 Å². The molecule has 0 fully saturated rings. The maximum absolute atomic E-state index is 11.2. The van der Waals surface area contributed by atoms with Crippen molar-refractivity contribution in [2.24, 2.45) is 5.92 Å². The Balaban J connectivity index is 4.27. The highest BCUT2D eigenvalue weighted by Gasteiger charge is 2.19. The van der Waals surface area contributed by atoms with E-state index in [2.05, 4.69) is 4.72 Å². The highest BCUT2D eigenvalue weighted by molar-refractivity contribution is 7.89. The Bertz CT molecular complexity index is 270. The molecule has 0 bridgehead atoms. The Morgan fingerprint density at radius 2 is 1.85 bits per heavy atom. The van der Waals surface area contributed by atoms with Crippen LogP contribution in [0, 0.1) is 5.92 Å². The molecule has 1 atom stereocenters. The fraction of sp³-hybridized carbons (Fsp3) is 0.857. The van der Waals surface area contributed by atoms with E-state index >= 15 is 0 Å². The Morgan fingerprint density at radius 3 is 2.15 bits per heavy atom. The van der Waals surface area contributed by atoms with E-state index in [0.717, 1.165) is 0 Å². The molecule has 0 heterocycles. The van der Waals surface area contributed by atoms with Crippen LogP contribution in [0.5, 0.6) is 0 Å². The lowest BCUT2D eigenvalue weighted by molar-refractivity contribution is -0.138. The van der Waals surface area contributed by atoms with Crippen LogP contribution in [0.4, 0.5) is 0 Å². The van der Waals surface area contributed by atoms with Crippen molar-refractivity contribution in [2.75, 3.05) is 5.75 Å². The first kappa shape index (κ1) is 12.4. The van der Waals surface area contributed by atoms with Gasteiger partial charge >= 0.3 is 5.97 Å². The summed E-state index contributed by atoms with van der Waals surface area (Å²) in [5, 5.41) is 8.45. The number of hydrogen-bond acceptors (Lipinski definition) is 3. The van der Waals surface area contributed by atoms with Crippen LogP contribution in [0.3, 0.4) is 0 Å². The Labute approximate surface area is 78.2 Å². The number of hydrogen-bond donors (Lipinski definition) is 2. The van der Waals surface area contributed by atoms with Crippen LogP contribution in [-0.2, 0) is 14.8 Å². The molecule has 1 unspecified atom stereocenters. The summed E-state index contributed by atoms with van der Waals surface area (Å²) < 4.78 is 24.4. The maximum Gasteiger partial charge on any atom is 0.321 e. The van der Waals surface area contributed by atoms with E-state index in [1.54, 1.807) is 13.8 Å². The van der Waals surface area contributed by atoms with Crippen molar-refractivity contribution < 1.29 is 18.3 Å². The zero-order chi connectivity index (χ0) is 10.6. The van der Waals surface area contributed by atoms with Crippen LogP contribution < -0.4 is 4.72 Å². The summed E-state index contributed by atoms with van der Waals surface area (Å²) in [5.41, 5.74) is 0. The van der Waals surface area contributed by atoms with Crippen molar-refractivity contribution >= 4 is 16.0 Å². The number of nitrogens with one attached hydrogen (secondary N) is 1. The first-order chi connectivity index (χ1) is 5.74. The molecule has 2 N–H and O–H groups in total. The van der Waals surface area contributed by atoms with Crippen molar-refractivity contribution in [1.29, 1.82) is 0 Å². The fourth-order valence-electron chi connectivity index (χ4n) is 0.807. The van der Waals surface area contributed by atoms with E-state index in [0.29, 0.717) is 0 Å². The third-order valence-electron chi connectivity index (χ3n) is 1.28. The first-order valence-electron chi connectivity index (χ1n) is 3.97. The minimum absolute atomic E-state index is 0.0153. The minimum atomic E-state index is -3.46. The van der Waals surface area contributed by atoms with Crippen molar-refractivity contribution in [3.63, 3.8) is 0 Å². The van der Waals surface area contributed by atoms with Gasteiger partial charge in [-0.15, -0.1) is 0 Å². The Morgan fingerprint density at radius 1 is 1.38 bits per heavy atom. The molecule has 0 amide bonds. The lowest BCUT2D eigenvalue weighted by atomic mass is 10.3. The average molecular weight is 209 g/mol. The van der Waals surface area contributed by atoms with Crippen molar-refractivity contribution in [3.05, 3.63) is 0 Å². The normalized spacial score (nSPS) is 14.5. The molecule has 0 saturated carbocycles. The van der Waals surface area contributed by atoms with Gasteiger partial charge in [-0.1, -0.05) is 13.8 Å². The van der Waals surface area contributed by atoms with Gasteiger partial charge in [-0.3, -0.25) is 4.79 Å². The summed E-state index contributed by atoms with van der Waals surface area (Å²) in [6.07, 6.45) is 0. The van der Waals surface area contributed by atoms with Gasteiger partial charge in [-0.2, -0.15) is 0 Å². The molecule has 0 aliphatic heterocycles. The molecule has 13 heavy (non-hydrogen) atoms. The van der Waals surface area contributed by atoms with Crippen molar-refractivity contribution in [3.8, 4) is 0 Å². The molecular weight excluding hydrogens is 194 g/mol. The second-order valence-corrected chi connectivity index (χ2v) is 5.15. The molecule has 0 aliphatic rings. The van der Waals surface area contributed by atoms with Gasteiger partial charge in [-0.05, 0) is 12.8 Å². The molecule has 0 aromatic heterocycles. The second-order valence-electron chi connectivity index (χ2n) is 3.35. The van der Waals surface area contributed by atoms with Gasteiger partial charge in [0, 0.05) is 0 Å². The van der Waals surface area contributed by atoms with Crippen LogP contribution in [0.1, 0.15) is 20.8 Å². The number of carboxylic acids is 1. The molecule has 0 aliphatic carbocycles. The van der Waals surface area contributed by atoms with E-state index in [9.17, 15) is 13.2 Å². The molecule has 0 spiro atoms. The smallest absolute Gasteiger partial charge is 0.321 e. The number of aliphatic carboxylic acids is 1. The molecule has 0 rings (SSSR count). The highest BCUT2D eigenvalue weighted by Crippen LogP contribution is 1.98. The Kier molecular flexibility index (Phi) is 4.35. The van der Waals surface area contributed by atoms with E-state index in [1.165, 1.54) is 6.92 Å². The summed E-state index contributed by atoms with van der Waals surface area (Å²) in [6.45, 7) is 4.80. The fourth-order valence-corrected chi connectivity index (χ4v) is 2.42. The molecule has 0 aromatic rings. The third kappa shape index (κ3) is 5.59. The lowest BCUT2D eigenvalue weighted by Gasteiger charge is -2.11. The van der Waals surface area contributed by atoms with E-state index in [-0.39, 0.29) is 11.7 Å². The summed E-state index contributed by atoms with van der Waals surface area (Å²) >= 11 is 0. The number of carbonyl (C=O) groups is 1. The molecule has 0 aromatic carbocycles. The summed E-state index contributed by atoms with van der Waals surface area (Å²) in [7, 11) is -3.46. The summed E-state index contributed by atoms with van der Waals surface area (Å²) in [4.78, 5) is 10.3. The van der Waals surface area contributed by atoms with Gasteiger partial charge in [0.05, 0.1) is 5.75 Å². The maximum atomic E-state index is 11.2. The number of carboxylic acid groups (broad SMARTS) is 1. The second kappa shape index (κ2) is 4.57. The lowest BCUT2D eigenvalue weighted by Crippen LogP contribution is -2.40. The summed E-state index contributed by atoms with van der Waals surface area (Å²) in [6, 6.07) is -1.07. The van der Waals surface area contributed by atoms with E-state index in [4.69, 9.17) is 5.11 Å². The Hall–Kier alpha value is -0.620. The standard InChI is InChI=1S/C7H15NO4S/c1-5(2)4-13(11,12)8-6(3)7(9)10/h5-6,8H,4H2,1-3H3,(H,9,10). The van der Waals surface area contributed by atoms with Crippen molar-refractivity contribution in [1.82, 2.24) is 4.72 Å². The van der Waals surface area contributed by atoms with E-state index in [1.807, 2.05) is 0 Å². The topological polar surface area (TPSA) is 83.5 Å². The summed E-state index contributed by atoms with van der Waals surface area (Å²) in [5.74, 6) is -1.24. The van der Waals surface area contributed by atoms with Gasteiger partial charge in [0.2, 0.25) is 10.0 Å². The first-order valence-corrected chi connectivity index (χ1v) is 5.62. The SMILES string of the molecule is CC(C)CS(=O)(=O)NC(C)C(=O)O. The van der Waals surface area contributed by atoms with Crippen LogP contribution in [0.15, 0.2) is 0 Å². The molecule has 0 radical (unpaired) electrons. The minimum Gasteiger partial charge on any atom is -0.480 e. The number of sulfonamides is 1. The molecular formula is C7H15NO4S. The largest absolute Gasteiger partial charge is 0.480 e. The van der Waals surface area contributed by atoms with Gasteiger partial charge in [0.25, 0.3) is 0 Å². The van der Waals surface area contributed by atoms with Crippen LogP contribution in [0.2, 0.25) is 0 Å². The van der Waals surface area contributed by atoms with Crippen molar-refractivity contribution in [2.45, 2.75) is 26.8 Å². The highest BCUT2D eigenvalue weighted by atomic mass is 32.2. The zero-order valence-electron chi connectivity index (χ0n) is 7.94. The average Bonchev–Trinajstić information content (AvgIpc) is 1.81. The zero-order valence-corrected chi connectivity index (χ0v) is 8.76. The molecule has 78 valence electrons. The molecule has 6 heteroatoms. The predicted octanol–water partition coefficient (Wildman–Crippen LogP) is 0.0349. The van der Waals surface area contributed by atoms with Crippen LogP contribution in [0.25, 0.3) is 0 Å². The third-order valence-corrected chi connectivity index (χ3v) is 3.10. The van der Waals surface area contributed by atoms with Gasteiger partial charge in [0.1, 0.15) is 6.04 Å². The monoisotopic (exact) mass is 209 g/mol. The predicted molar refractivity (Wildman–Crippen MR) is 48.9 cm³/mol. The van der Waals surface area contributed by atoms with E-state index < -0.39 is 22.0 Å². The van der Waals surface area contributed by atoms with Gasteiger partial charge < -0.3 is 5.11 Å². The van der Waals surface area contributed by atoms with Crippen LogP contribution in [-0.4, -0.2) is 31.3 Å². The quantitative estimate of drug-likeness (QED) is 0.669. The van der Waals surface area contributed by atoms with Gasteiger partial charge in [0.15, 0.2) is 0 Å². The number of rotatable bonds is 5. The molecule has 0 saturated heterocycles.